The van der Waals surface area contributed by atoms with Crippen molar-refractivity contribution in [2.24, 2.45) is 0 Å². The third-order valence-corrected chi connectivity index (χ3v) is 8.98. The molecule has 3 rings (SSSR count). The van der Waals surface area contributed by atoms with Crippen molar-refractivity contribution in [2.45, 2.75) is 51.0 Å². The average Bonchev–Trinajstić information content (AvgIpc) is 2.99. The molecule has 168 valence electrons. The standard InChI is InChI=1S/C21H31Cl2N3O3S/c1-2-30(28,29)26-14-12-25(13-15-26)21(10-5-3-4-6-11-21)16-24-20(27)19-17(22)8-7-9-18(19)23/h7-9H,2-6,10-16H2,1H3,(H,24,27). The lowest BCUT2D eigenvalue weighted by Gasteiger charge is -2.47. The van der Waals surface area contributed by atoms with Crippen LogP contribution < -0.4 is 5.32 Å². The minimum Gasteiger partial charge on any atom is -0.350 e. The number of carbonyl (C=O) groups is 1. The molecule has 1 amide bonds. The topological polar surface area (TPSA) is 69.7 Å². The normalized spacial score (nSPS) is 21.2. The van der Waals surface area contributed by atoms with Gasteiger partial charge < -0.3 is 5.32 Å². The fourth-order valence-electron chi connectivity index (χ4n) is 4.66. The van der Waals surface area contributed by atoms with E-state index in [0.717, 1.165) is 25.7 Å². The molecule has 1 aromatic rings. The Morgan fingerprint density at radius 3 is 2.13 bits per heavy atom. The van der Waals surface area contributed by atoms with E-state index in [1.54, 1.807) is 29.4 Å². The number of hydrogen-bond acceptors (Lipinski definition) is 4. The Bertz CT molecular complexity index is 827. The summed E-state index contributed by atoms with van der Waals surface area (Å²) in [4.78, 5) is 15.3. The molecule has 1 heterocycles. The molecular formula is C21H31Cl2N3O3S. The van der Waals surface area contributed by atoms with E-state index >= 15 is 0 Å². The van der Waals surface area contributed by atoms with E-state index in [4.69, 9.17) is 23.2 Å². The minimum atomic E-state index is -3.17. The molecule has 0 spiro atoms. The molecule has 9 heteroatoms. The molecule has 0 radical (unpaired) electrons. The van der Waals surface area contributed by atoms with Crippen molar-refractivity contribution in [3.63, 3.8) is 0 Å². The van der Waals surface area contributed by atoms with Gasteiger partial charge in [0.1, 0.15) is 0 Å². The first kappa shape index (κ1) is 23.8. The van der Waals surface area contributed by atoms with Crippen LogP contribution in [0.1, 0.15) is 55.8 Å². The Labute approximate surface area is 189 Å². The Hall–Kier alpha value is -0.860. The Morgan fingerprint density at radius 1 is 1.03 bits per heavy atom. The molecule has 1 saturated heterocycles. The molecule has 1 saturated carbocycles. The SMILES string of the molecule is CCS(=O)(=O)N1CCN(C2(CNC(=O)c3c(Cl)cccc3Cl)CCCCCC2)CC1. The van der Waals surface area contributed by atoms with Crippen LogP contribution in [-0.2, 0) is 10.0 Å². The number of nitrogens with zero attached hydrogens (tertiary/aromatic N) is 2. The molecule has 1 aromatic carbocycles. The number of carbonyl (C=O) groups excluding carboxylic acids is 1. The number of halogens is 2. The molecule has 1 aliphatic carbocycles. The lowest BCUT2D eigenvalue weighted by Crippen LogP contribution is -2.61. The van der Waals surface area contributed by atoms with E-state index in [2.05, 4.69) is 10.2 Å². The molecule has 0 bridgehead atoms. The van der Waals surface area contributed by atoms with Crippen molar-refractivity contribution in [1.29, 1.82) is 0 Å². The predicted molar refractivity (Wildman–Crippen MR) is 122 cm³/mol. The van der Waals surface area contributed by atoms with Crippen LogP contribution in [0, 0.1) is 0 Å². The van der Waals surface area contributed by atoms with Gasteiger partial charge in [0.15, 0.2) is 0 Å². The van der Waals surface area contributed by atoms with Crippen LogP contribution in [0.4, 0.5) is 0 Å². The van der Waals surface area contributed by atoms with Gasteiger partial charge in [0.2, 0.25) is 10.0 Å². The highest BCUT2D eigenvalue weighted by Crippen LogP contribution is 2.34. The third-order valence-electron chi connectivity index (χ3n) is 6.47. The number of nitrogens with one attached hydrogen (secondary N) is 1. The summed E-state index contributed by atoms with van der Waals surface area (Å²) in [6, 6.07) is 5.05. The van der Waals surface area contributed by atoms with Gasteiger partial charge in [-0.25, -0.2) is 8.42 Å². The number of hydrogen-bond donors (Lipinski definition) is 1. The van der Waals surface area contributed by atoms with E-state index < -0.39 is 10.0 Å². The molecular weight excluding hydrogens is 445 g/mol. The second-order valence-corrected chi connectivity index (χ2v) is 11.3. The number of amides is 1. The summed E-state index contributed by atoms with van der Waals surface area (Å²) in [6.45, 7) is 4.56. The molecule has 0 atom stereocenters. The van der Waals surface area contributed by atoms with E-state index in [-0.39, 0.29) is 17.2 Å². The summed E-state index contributed by atoms with van der Waals surface area (Å²) in [6.07, 6.45) is 6.58. The van der Waals surface area contributed by atoms with Gasteiger partial charge in [-0.05, 0) is 31.9 Å². The number of benzene rings is 1. The predicted octanol–water partition coefficient (Wildman–Crippen LogP) is 3.78. The van der Waals surface area contributed by atoms with Crippen LogP contribution >= 0.6 is 23.2 Å². The molecule has 0 aromatic heterocycles. The van der Waals surface area contributed by atoms with E-state index in [1.807, 2.05) is 0 Å². The van der Waals surface area contributed by atoms with Crippen LogP contribution in [0.2, 0.25) is 10.0 Å². The maximum absolute atomic E-state index is 12.9. The highest BCUT2D eigenvalue weighted by atomic mass is 35.5. The molecule has 6 nitrogen and oxygen atoms in total. The largest absolute Gasteiger partial charge is 0.350 e. The summed E-state index contributed by atoms with van der Waals surface area (Å²) >= 11 is 12.4. The minimum absolute atomic E-state index is 0.132. The fourth-order valence-corrected chi connectivity index (χ4v) is 6.32. The lowest BCUT2D eigenvalue weighted by atomic mass is 9.87. The third kappa shape index (κ3) is 5.30. The van der Waals surface area contributed by atoms with Gasteiger partial charge >= 0.3 is 0 Å². The maximum Gasteiger partial charge on any atom is 0.254 e. The summed E-state index contributed by atoms with van der Waals surface area (Å²) in [5, 5.41) is 3.77. The summed E-state index contributed by atoms with van der Waals surface area (Å²) in [5.41, 5.74) is 0.144. The Kier molecular flexibility index (Phi) is 8.07. The van der Waals surface area contributed by atoms with Crippen LogP contribution in [-0.4, -0.2) is 67.5 Å². The molecule has 30 heavy (non-hydrogen) atoms. The quantitative estimate of drug-likeness (QED) is 0.635. The van der Waals surface area contributed by atoms with Crippen LogP contribution in [0.3, 0.4) is 0 Å². The maximum atomic E-state index is 12.9. The number of rotatable bonds is 6. The highest BCUT2D eigenvalue weighted by Gasteiger charge is 2.40. The second kappa shape index (κ2) is 10.2. The van der Waals surface area contributed by atoms with Crippen molar-refractivity contribution in [3.8, 4) is 0 Å². The van der Waals surface area contributed by atoms with E-state index in [0.29, 0.717) is 48.3 Å². The average molecular weight is 476 g/mol. The Balaban J connectivity index is 1.74. The van der Waals surface area contributed by atoms with Crippen molar-refractivity contribution in [2.75, 3.05) is 38.5 Å². The monoisotopic (exact) mass is 475 g/mol. The van der Waals surface area contributed by atoms with Gasteiger partial charge in [0.05, 0.1) is 21.4 Å². The Morgan fingerprint density at radius 2 is 1.60 bits per heavy atom. The van der Waals surface area contributed by atoms with Gasteiger partial charge in [-0.3, -0.25) is 9.69 Å². The molecule has 1 N–H and O–H groups in total. The first-order valence-corrected chi connectivity index (χ1v) is 13.1. The first-order chi connectivity index (χ1) is 14.3. The van der Waals surface area contributed by atoms with Gasteiger partial charge in [-0.15, -0.1) is 0 Å². The summed E-state index contributed by atoms with van der Waals surface area (Å²) < 4.78 is 26.1. The molecule has 2 fully saturated rings. The van der Waals surface area contributed by atoms with Gasteiger partial charge in [-0.2, -0.15) is 4.31 Å². The first-order valence-electron chi connectivity index (χ1n) is 10.7. The number of piperazine rings is 1. The van der Waals surface area contributed by atoms with Crippen molar-refractivity contribution in [3.05, 3.63) is 33.8 Å². The van der Waals surface area contributed by atoms with Gasteiger partial charge in [-0.1, -0.05) is 55.0 Å². The van der Waals surface area contributed by atoms with Gasteiger partial charge in [0, 0.05) is 38.3 Å². The van der Waals surface area contributed by atoms with Gasteiger partial charge in [0.25, 0.3) is 5.91 Å². The lowest BCUT2D eigenvalue weighted by molar-refractivity contribution is 0.0392. The van der Waals surface area contributed by atoms with E-state index in [9.17, 15) is 13.2 Å². The van der Waals surface area contributed by atoms with Crippen LogP contribution in [0.25, 0.3) is 0 Å². The van der Waals surface area contributed by atoms with Crippen molar-refractivity contribution >= 4 is 39.1 Å². The zero-order valence-corrected chi connectivity index (χ0v) is 19.8. The zero-order chi connectivity index (χ0) is 21.8. The second-order valence-electron chi connectivity index (χ2n) is 8.20. The summed E-state index contributed by atoms with van der Waals surface area (Å²) in [7, 11) is -3.17. The summed E-state index contributed by atoms with van der Waals surface area (Å²) in [5.74, 6) is -0.131. The molecule has 2 aliphatic rings. The van der Waals surface area contributed by atoms with Crippen molar-refractivity contribution < 1.29 is 13.2 Å². The van der Waals surface area contributed by atoms with E-state index in [1.165, 1.54) is 12.8 Å². The van der Waals surface area contributed by atoms with Crippen LogP contribution in [0.15, 0.2) is 18.2 Å². The number of sulfonamides is 1. The van der Waals surface area contributed by atoms with Crippen molar-refractivity contribution in [1.82, 2.24) is 14.5 Å². The molecule has 0 unspecified atom stereocenters. The smallest absolute Gasteiger partial charge is 0.254 e. The highest BCUT2D eigenvalue weighted by molar-refractivity contribution is 7.89. The fraction of sp³-hybridized carbons (Fsp3) is 0.667. The van der Waals surface area contributed by atoms with Crippen LogP contribution in [0.5, 0.6) is 0 Å². The molecule has 1 aliphatic heterocycles. The zero-order valence-electron chi connectivity index (χ0n) is 17.5.